The second-order valence-corrected chi connectivity index (χ2v) is 5.52. The van der Waals surface area contributed by atoms with Crippen molar-refractivity contribution in [3.63, 3.8) is 0 Å². The predicted octanol–water partition coefficient (Wildman–Crippen LogP) is 0.356. The fourth-order valence-corrected chi connectivity index (χ4v) is 2.18. The van der Waals surface area contributed by atoms with Crippen LogP contribution in [0, 0.1) is 0 Å². The van der Waals surface area contributed by atoms with Gasteiger partial charge in [-0.1, -0.05) is 12.1 Å². The number of rotatable bonds is 6. The second kappa shape index (κ2) is 7.04. The highest BCUT2D eigenvalue weighted by molar-refractivity contribution is 5.47. The molecule has 0 bridgehead atoms. The molecule has 2 rings (SSSR count). The van der Waals surface area contributed by atoms with Crippen molar-refractivity contribution in [2.45, 2.75) is 19.1 Å². The SMILES string of the molecule is CC(O)(CO)CNCc1ccc(N2CCOCC2)cc1. The molecule has 1 unspecified atom stereocenters. The Morgan fingerprint density at radius 1 is 1.25 bits per heavy atom. The van der Waals surface area contributed by atoms with E-state index >= 15 is 0 Å². The number of morpholine rings is 1. The van der Waals surface area contributed by atoms with Crippen molar-refractivity contribution in [2.24, 2.45) is 0 Å². The number of aliphatic hydroxyl groups excluding tert-OH is 1. The summed E-state index contributed by atoms with van der Waals surface area (Å²) >= 11 is 0. The van der Waals surface area contributed by atoms with Crippen molar-refractivity contribution in [3.8, 4) is 0 Å². The molecule has 0 radical (unpaired) electrons. The molecule has 1 atom stereocenters. The van der Waals surface area contributed by atoms with Gasteiger partial charge in [0, 0.05) is 31.9 Å². The van der Waals surface area contributed by atoms with Crippen LogP contribution in [0.15, 0.2) is 24.3 Å². The molecule has 3 N–H and O–H groups in total. The highest BCUT2D eigenvalue weighted by Gasteiger charge is 2.17. The molecule has 0 aliphatic carbocycles. The molecule has 112 valence electrons. The molecule has 5 heteroatoms. The van der Waals surface area contributed by atoms with E-state index in [4.69, 9.17) is 9.84 Å². The first-order valence-corrected chi connectivity index (χ1v) is 7.06. The van der Waals surface area contributed by atoms with E-state index in [1.165, 1.54) is 5.69 Å². The lowest BCUT2D eigenvalue weighted by Crippen LogP contribution is -2.40. The highest BCUT2D eigenvalue weighted by Crippen LogP contribution is 2.16. The van der Waals surface area contributed by atoms with E-state index in [2.05, 4.69) is 34.5 Å². The molecule has 1 aromatic carbocycles. The van der Waals surface area contributed by atoms with Crippen molar-refractivity contribution in [1.82, 2.24) is 5.32 Å². The third kappa shape index (κ3) is 4.45. The van der Waals surface area contributed by atoms with Gasteiger partial charge in [0.2, 0.25) is 0 Å². The molecular formula is C15H24N2O3. The Morgan fingerprint density at radius 3 is 2.50 bits per heavy atom. The molecule has 1 aliphatic rings. The van der Waals surface area contributed by atoms with Crippen molar-refractivity contribution >= 4 is 5.69 Å². The number of nitrogens with zero attached hydrogens (tertiary/aromatic N) is 1. The van der Waals surface area contributed by atoms with Crippen LogP contribution in [0.25, 0.3) is 0 Å². The van der Waals surface area contributed by atoms with Gasteiger partial charge in [-0.15, -0.1) is 0 Å². The predicted molar refractivity (Wildman–Crippen MR) is 78.9 cm³/mol. The smallest absolute Gasteiger partial charge is 0.0972 e. The number of benzene rings is 1. The molecule has 20 heavy (non-hydrogen) atoms. The number of anilines is 1. The lowest BCUT2D eigenvalue weighted by Gasteiger charge is -2.29. The van der Waals surface area contributed by atoms with Gasteiger partial charge in [0.1, 0.15) is 0 Å². The highest BCUT2D eigenvalue weighted by atomic mass is 16.5. The molecule has 0 spiro atoms. The molecule has 1 saturated heterocycles. The summed E-state index contributed by atoms with van der Waals surface area (Å²) in [5.41, 5.74) is 1.32. The van der Waals surface area contributed by atoms with E-state index in [0.29, 0.717) is 13.1 Å². The van der Waals surface area contributed by atoms with Gasteiger partial charge in [0.15, 0.2) is 0 Å². The summed E-state index contributed by atoms with van der Waals surface area (Å²) in [6.45, 7) is 5.89. The van der Waals surface area contributed by atoms with E-state index in [0.717, 1.165) is 31.9 Å². The molecule has 5 nitrogen and oxygen atoms in total. The van der Waals surface area contributed by atoms with E-state index < -0.39 is 5.60 Å². The average molecular weight is 280 g/mol. The molecule has 0 aromatic heterocycles. The summed E-state index contributed by atoms with van der Waals surface area (Å²) in [5.74, 6) is 0. The molecule has 1 aromatic rings. The zero-order chi connectivity index (χ0) is 14.4. The zero-order valence-corrected chi connectivity index (χ0v) is 12.0. The third-order valence-electron chi connectivity index (χ3n) is 3.49. The normalized spacial score (nSPS) is 18.9. The van der Waals surface area contributed by atoms with E-state index in [-0.39, 0.29) is 6.61 Å². The number of hydrogen-bond acceptors (Lipinski definition) is 5. The maximum absolute atomic E-state index is 9.68. The Morgan fingerprint density at radius 2 is 1.90 bits per heavy atom. The van der Waals surface area contributed by atoms with E-state index in [1.54, 1.807) is 6.92 Å². The monoisotopic (exact) mass is 280 g/mol. The maximum Gasteiger partial charge on any atom is 0.0972 e. The standard InChI is InChI=1S/C15H24N2O3/c1-15(19,12-18)11-16-10-13-2-4-14(5-3-13)17-6-8-20-9-7-17/h2-5,16,18-19H,6-12H2,1H3. The van der Waals surface area contributed by atoms with Gasteiger partial charge < -0.3 is 25.2 Å². The Balaban J connectivity index is 1.82. The molecular weight excluding hydrogens is 256 g/mol. The van der Waals surface area contributed by atoms with Gasteiger partial charge in [0.25, 0.3) is 0 Å². The zero-order valence-electron chi connectivity index (χ0n) is 12.0. The van der Waals surface area contributed by atoms with Crippen molar-refractivity contribution in [3.05, 3.63) is 29.8 Å². The van der Waals surface area contributed by atoms with Gasteiger partial charge in [-0.05, 0) is 24.6 Å². The summed E-state index contributed by atoms with van der Waals surface area (Å²) in [6, 6.07) is 8.41. The number of nitrogens with one attached hydrogen (secondary N) is 1. The third-order valence-corrected chi connectivity index (χ3v) is 3.49. The van der Waals surface area contributed by atoms with E-state index in [1.807, 2.05) is 0 Å². The van der Waals surface area contributed by atoms with Crippen LogP contribution < -0.4 is 10.2 Å². The summed E-state index contributed by atoms with van der Waals surface area (Å²) in [7, 11) is 0. The number of ether oxygens (including phenoxy) is 1. The van der Waals surface area contributed by atoms with Crippen LogP contribution in [0.4, 0.5) is 5.69 Å². The maximum atomic E-state index is 9.68. The summed E-state index contributed by atoms with van der Waals surface area (Å²) in [4.78, 5) is 2.32. The first-order chi connectivity index (χ1) is 9.61. The van der Waals surface area contributed by atoms with E-state index in [9.17, 15) is 5.11 Å². The Hall–Kier alpha value is -1.14. The molecule has 1 aliphatic heterocycles. The van der Waals surface area contributed by atoms with Gasteiger partial charge in [-0.3, -0.25) is 0 Å². The van der Waals surface area contributed by atoms with Crippen LogP contribution in [0.2, 0.25) is 0 Å². The lowest BCUT2D eigenvalue weighted by atomic mass is 10.1. The van der Waals surface area contributed by atoms with Crippen LogP contribution in [-0.2, 0) is 11.3 Å². The van der Waals surface area contributed by atoms with Crippen LogP contribution in [0.3, 0.4) is 0 Å². The summed E-state index contributed by atoms with van der Waals surface area (Å²) in [5, 5.41) is 21.8. The number of aliphatic hydroxyl groups is 2. The summed E-state index contributed by atoms with van der Waals surface area (Å²) < 4.78 is 5.34. The first kappa shape index (κ1) is 15.3. The largest absolute Gasteiger partial charge is 0.393 e. The molecule has 0 amide bonds. The Labute approximate surface area is 120 Å². The minimum atomic E-state index is -1.06. The van der Waals surface area contributed by atoms with Gasteiger partial charge >= 0.3 is 0 Å². The minimum Gasteiger partial charge on any atom is -0.393 e. The quantitative estimate of drug-likeness (QED) is 0.702. The molecule has 1 heterocycles. The lowest BCUT2D eigenvalue weighted by molar-refractivity contribution is 0.00254. The number of hydrogen-bond donors (Lipinski definition) is 3. The van der Waals surface area contributed by atoms with Gasteiger partial charge in [0.05, 0.1) is 25.4 Å². The van der Waals surface area contributed by atoms with Crippen molar-refractivity contribution in [1.29, 1.82) is 0 Å². The van der Waals surface area contributed by atoms with Gasteiger partial charge in [-0.25, -0.2) is 0 Å². The summed E-state index contributed by atoms with van der Waals surface area (Å²) in [6.07, 6.45) is 0. The van der Waals surface area contributed by atoms with Crippen molar-refractivity contribution in [2.75, 3.05) is 44.4 Å². The fraction of sp³-hybridized carbons (Fsp3) is 0.600. The average Bonchev–Trinajstić information content (AvgIpc) is 2.49. The topological polar surface area (TPSA) is 65.0 Å². The van der Waals surface area contributed by atoms with Crippen LogP contribution in [0.1, 0.15) is 12.5 Å². The minimum absolute atomic E-state index is 0.240. The second-order valence-electron chi connectivity index (χ2n) is 5.52. The Bertz CT molecular complexity index is 400. The van der Waals surface area contributed by atoms with Gasteiger partial charge in [-0.2, -0.15) is 0 Å². The fourth-order valence-electron chi connectivity index (χ4n) is 2.18. The van der Waals surface area contributed by atoms with Crippen LogP contribution in [-0.4, -0.2) is 55.3 Å². The van der Waals surface area contributed by atoms with Crippen LogP contribution in [0.5, 0.6) is 0 Å². The van der Waals surface area contributed by atoms with Crippen molar-refractivity contribution < 1.29 is 14.9 Å². The molecule has 1 fully saturated rings. The molecule has 0 saturated carbocycles. The van der Waals surface area contributed by atoms with Crippen LogP contribution >= 0.6 is 0 Å². The Kier molecular flexibility index (Phi) is 5.37. The first-order valence-electron chi connectivity index (χ1n) is 7.06.